The van der Waals surface area contributed by atoms with E-state index in [2.05, 4.69) is 20.3 Å². The molecular weight excluding hydrogens is 258 g/mol. The van der Waals surface area contributed by atoms with Crippen molar-refractivity contribution in [3.63, 3.8) is 0 Å². The normalized spacial score (nSPS) is 16.9. The summed E-state index contributed by atoms with van der Waals surface area (Å²) in [6.45, 7) is 1.68. The van der Waals surface area contributed by atoms with Gasteiger partial charge in [0, 0.05) is 19.6 Å². The number of halogens is 1. The Morgan fingerprint density at radius 2 is 2.00 bits per heavy atom. The summed E-state index contributed by atoms with van der Waals surface area (Å²) in [4.78, 5) is 14.3. The quantitative estimate of drug-likeness (QED) is 0.689. The molecule has 1 atom stereocenters. The zero-order valence-electron chi connectivity index (χ0n) is 9.88. The molecule has 3 N–H and O–H groups in total. The van der Waals surface area contributed by atoms with Gasteiger partial charge in [0.2, 0.25) is 17.2 Å². The Balaban J connectivity index is 2.06. The molecule has 8 heteroatoms. The summed E-state index contributed by atoms with van der Waals surface area (Å²) in [6.07, 6.45) is 1.39. The van der Waals surface area contributed by atoms with Gasteiger partial charge in [-0.15, -0.1) is 0 Å². The van der Waals surface area contributed by atoms with Crippen molar-refractivity contribution in [1.82, 2.24) is 15.0 Å². The summed E-state index contributed by atoms with van der Waals surface area (Å²) in [5, 5.41) is 20.9. The van der Waals surface area contributed by atoms with Gasteiger partial charge < -0.3 is 20.4 Å². The molecule has 0 saturated carbocycles. The average molecular weight is 274 g/mol. The van der Waals surface area contributed by atoms with Gasteiger partial charge in [0.05, 0.1) is 12.7 Å². The highest BCUT2D eigenvalue weighted by atomic mass is 35.5. The van der Waals surface area contributed by atoms with Crippen LogP contribution in [0.5, 0.6) is 0 Å². The molecule has 0 spiro atoms. The lowest BCUT2D eigenvalue weighted by molar-refractivity contribution is 0.105. The van der Waals surface area contributed by atoms with Crippen LogP contribution in [0.3, 0.4) is 0 Å². The summed E-state index contributed by atoms with van der Waals surface area (Å²) < 4.78 is 0. The van der Waals surface area contributed by atoms with Gasteiger partial charge in [0.1, 0.15) is 0 Å². The van der Waals surface area contributed by atoms with Gasteiger partial charge in [-0.1, -0.05) is 0 Å². The first-order chi connectivity index (χ1) is 8.69. The molecule has 1 aliphatic rings. The van der Waals surface area contributed by atoms with E-state index in [4.69, 9.17) is 16.7 Å². The molecule has 7 nitrogen and oxygen atoms in total. The molecule has 0 radical (unpaired) electrons. The van der Waals surface area contributed by atoms with E-state index in [0.717, 1.165) is 25.9 Å². The van der Waals surface area contributed by atoms with Crippen molar-refractivity contribution >= 4 is 23.5 Å². The molecule has 1 fully saturated rings. The standard InChI is InChI=1S/C10H16ClN5O2/c11-8-13-9(12-5-7(18)6-17)15-10(14-8)16-3-1-2-4-16/h7,17-18H,1-6H2,(H,12,13,14,15). The molecule has 0 aliphatic carbocycles. The Morgan fingerprint density at radius 3 is 2.67 bits per heavy atom. The van der Waals surface area contributed by atoms with E-state index in [9.17, 15) is 5.11 Å². The number of hydrogen-bond acceptors (Lipinski definition) is 7. The van der Waals surface area contributed by atoms with Crippen LogP contribution >= 0.6 is 11.6 Å². The predicted octanol–water partition coefficient (Wildman–Crippen LogP) is -0.110. The summed E-state index contributed by atoms with van der Waals surface area (Å²) in [7, 11) is 0. The molecule has 2 heterocycles. The fraction of sp³-hybridized carbons (Fsp3) is 0.700. The number of nitrogens with one attached hydrogen (secondary N) is 1. The maximum atomic E-state index is 9.24. The van der Waals surface area contributed by atoms with Crippen LogP contribution in [-0.2, 0) is 0 Å². The van der Waals surface area contributed by atoms with E-state index in [0.29, 0.717) is 11.9 Å². The highest BCUT2D eigenvalue weighted by Crippen LogP contribution is 2.18. The minimum absolute atomic E-state index is 0.118. The van der Waals surface area contributed by atoms with Crippen LogP contribution in [0.4, 0.5) is 11.9 Å². The zero-order chi connectivity index (χ0) is 13.0. The maximum absolute atomic E-state index is 9.24. The van der Waals surface area contributed by atoms with Crippen molar-refractivity contribution in [2.45, 2.75) is 18.9 Å². The average Bonchev–Trinajstić information content (AvgIpc) is 2.89. The number of aromatic nitrogens is 3. The SMILES string of the molecule is OCC(O)CNc1nc(Cl)nc(N2CCCC2)n1. The van der Waals surface area contributed by atoms with Crippen molar-refractivity contribution < 1.29 is 10.2 Å². The first-order valence-electron chi connectivity index (χ1n) is 5.88. The summed E-state index contributed by atoms with van der Waals surface area (Å²) >= 11 is 5.84. The molecule has 1 unspecified atom stereocenters. The van der Waals surface area contributed by atoms with Crippen LogP contribution in [0.2, 0.25) is 5.28 Å². The van der Waals surface area contributed by atoms with E-state index < -0.39 is 6.10 Å². The van der Waals surface area contributed by atoms with E-state index in [-0.39, 0.29) is 18.4 Å². The molecule has 100 valence electrons. The summed E-state index contributed by atoms with van der Waals surface area (Å²) in [5.74, 6) is 0.859. The lowest BCUT2D eigenvalue weighted by atomic mass is 10.4. The molecule has 1 aromatic rings. The van der Waals surface area contributed by atoms with Gasteiger partial charge in [0.15, 0.2) is 0 Å². The lowest BCUT2D eigenvalue weighted by Crippen LogP contribution is -2.25. The Kier molecular flexibility index (Phi) is 4.51. The van der Waals surface area contributed by atoms with E-state index in [1.54, 1.807) is 0 Å². The first kappa shape index (κ1) is 13.3. The molecule has 0 aromatic carbocycles. The number of aliphatic hydroxyl groups excluding tert-OH is 2. The van der Waals surface area contributed by atoms with Crippen LogP contribution in [0.15, 0.2) is 0 Å². The number of aliphatic hydroxyl groups is 2. The third-order valence-corrected chi connectivity index (χ3v) is 2.86. The van der Waals surface area contributed by atoms with E-state index >= 15 is 0 Å². The van der Waals surface area contributed by atoms with Crippen LogP contribution in [-0.4, -0.2) is 57.5 Å². The van der Waals surface area contributed by atoms with Gasteiger partial charge in [-0.25, -0.2) is 0 Å². The highest BCUT2D eigenvalue weighted by Gasteiger charge is 2.17. The third-order valence-electron chi connectivity index (χ3n) is 2.69. The van der Waals surface area contributed by atoms with Gasteiger partial charge in [-0.05, 0) is 24.4 Å². The zero-order valence-corrected chi connectivity index (χ0v) is 10.6. The second-order valence-electron chi connectivity index (χ2n) is 4.14. The fourth-order valence-electron chi connectivity index (χ4n) is 1.75. The van der Waals surface area contributed by atoms with Crippen LogP contribution < -0.4 is 10.2 Å². The smallest absolute Gasteiger partial charge is 0.231 e. The molecule has 1 aliphatic heterocycles. The maximum Gasteiger partial charge on any atom is 0.231 e. The van der Waals surface area contributed by atoms with Gasteiger partial charge in [-0.3, -0.25) is 0 Å². The number of nitrogens with zero attached hydrogens (tertiary/aromatic N) is 4. The predicted molar refractivity (Wildman–Crippen MR) is 67.9 cm³/mol. The molecule has 1 saturated heterocycles. The second kappa shape index (κ2) is 6.12. The largest absolute Gasteiger partial charge is 0.394 e. The van der Waals surface area contributed by atoms with E-state index in [1.807, 2.05) is 4.90 Å². The molecule has 1 aromatic heterocycles. The van der Waals surface area contributed by atoms with Gasteiger partial charge in [0.25, 0.3) is 0 Å². The fourth-order valence-corrected chi connectivity index (χ4v) is 1.91. The Bertz CT molecular complexity index is 400. The third kappa shape index (κ3) is 3.41. The van der Waals surface area contributed by atoms with Crippen molar-refractivity contribution in [3.05, 3.63) is 5.28 Å². The molecule has 18 heavy (non-hydrogen) atoms. The summed E-state index contributed by atoms with van der Waals surface area (Å²) in [6, 6.07) is 0. The molecule has 2 rings (SSSR count). The van der Waals surface area contributed by atoms with Crippen LogP contribution in [0.25, 0.3) is 0 Å². The van der Waals surface area contributed by atoms with Crippen molar-refractivity contribution in [1.29, 1.82) is 0 Å². The lowest BCUT2D eigenvalue weighted by Gasteiger charge is -2.16. The van der Waals surface area contributed by atoms with Crippen LogP contribution in [0, 0.1) is 0 Å². The molecule has 0 amide bonds. The van der Waals surface area contributed by atoms with Gasteiger partial charge in [-0.2, -0.15) is 15.0 Å². The highest BCUT2D eigenvalue weighted by molar-refractivity contribution is 6.28. The van der Waals surface area contributed by atoms with Crippen molar-refractivity contribution in [2.24, 2.45) is 0 Å². The number of rotatable bonds is 5. The monoisotopic (exact) mass is 273 g/mol. The Hall–Kier alpha value is -1.18. The molecule has 0 bridgehead atoms. The summed E-state index contributed by atoms with van der Waals surface area (Å²) in [5.41, 5.74) is 0. The van der Waals surface area contributed by atoms with E-state index in [1.165, 1.54) is 0 Å². The van der Waals surface area contributed by atoms with Crippen LogP contribution in [0.1, 0.15) is 12.8 Å². The number of hydrogen-bond donors (Lipinski definition) is 3. The topological polar surface area (TPSA) is 94.4 Å². The first-order valence-corrected chi connectivity index (χ1v) is 6.26. The minimum Gasteiger partial charge on any atom is -0.394 e. The number of anilines is 2. The minimum atomic E-state index is -0.851. The van der Waals surface area contributed by atoms with Crippen molar-refractivity contribution in [3.8, 4) is 0 Å². The Morgan fingerprint density at radius 1 is 1.28 bits per heavy atom. The van der Waals surface area contributed by atoms with Gasteiger partial charge >= 0.3 is 0 Å². The Labute approximate surface area is 110 Å². The second-order valence-corrected chi connectivity index (χ2v) is 4.48. The van der Waals surface area contributed by atoms with Crippen molar-refractivity contribution in [2.75, 3.05) is 36.5 Å². The molecular formula is C10H16ClN5O2.